The SMILES string of the molecule is O=C(O)c1ccc(OCC(O)C(F)(F)F)c(F)c1. The van der Waals surface area contributed by atoms with E-state index >= 15 is 0 Å². The molecule has 2 N–H and O–H groups in total. The van der Waals surface area contributed by atoms with Crippen LogP contribution in [0.4, 0.5) is 17.6 Å². The van der Waals surface area contributed by atoms with Gasteiger partial charge in [0.1, 0.15) is 6.61 Å². The number of aliphatic hydroxyl groups is 1. The third-order valence-electron chi connectivity index (χ3n) is 1.95. The number of benzene rings is 1. The number of ether oxygens (including phenoxy) is 1. The highest BCUT2D eigenvalue weighted by molar-refractivity contribution is 5.87. The lowest BCUT2D eigenvalue weighted by Gasteiger charge is -2.15. The second kappa shape index (κ2) is 5.21. The number of hydrogen-bond acceptors (Lipinski definition) is 3. The first-order valence-corrected chi connectivity index (χ1v) is 4.62. The van der Waals surface area contributed by atoms with Gasteiger partial charge in [-0.1, -0.05) is 0 Å². The van der Waals surface area contributed by atoms with Crippen molar-refractivity contribution in [3.63, 3.8) is 0 Å². The van der Waals surface area contributed by atoms with Gasteiger partial charge in [0.25, 0.3) is 0 Å². The van der Waals surface area contributed by atoms with Gasteiger partial charge in [0.15, 0.2) is 17.7 Å². The lowest BCUT2D eigenvalue weighted by atomic mass is 10.2. The molecule has 0 aliphatic heterocycles. The van der Waals surface area contributed by atoms with Crippen molar-refractivity contribution < 1.29 is 37.3 Å². The number of rotatable bonds is 4. The quantitative estimate of drug-likeness (QED) is 0.817. The van der Waals surface area contributed by atoms with Crippen molar-refractivity contribution >= 4 is 5.97 Å². The molecule has 0 radical (unpaired) electrons. The predicted octanol–water partition coefficient (Wildman–Crippen LogP) is 1.83. The molecule has 0 saturated heterocycles. The van der Waals surface area contributed by atoms with Gasteiger partial charge in [-0.05, 0) is 18.2 Å². The normalized spacial score (nSPS) is 13.2. The fourth-order valence-electron chi connectivity index (χ4n) is 1.01. The molecule has 8 heteroatoms. The minimum Gasteiger partial charge on any atom is -0.487 e. The van der Waals surface area contributed by atoms with Gasteiger partial charge in [-0.15, -0.1) is 0 Å². The highest BCUT2D eigenvalue weighted by atomic mass is 19.4. The monoisotopic (exact) mass is 268 g/mol. The Hall–Kier alpha value is -1.83. The lowest BCUT2D eigenvalue weighted by Crippen LogP contribution is -2.34. The molecule has 1 rings (SSSR count). The topological polar surface area (TPSA) is 66.8 Å². The number of carboxylic acids is 1. The molecular formula is C10H8F4O4. The van der Waals surface area contributed by atoms with Gasteiger partial charge in [0.2, 0.25) is 0 Å². The molecule has 0 heterocycles. The van der Waals surface area contributed by atoms with Crippen molar-refractivity contribution in [3.8, 4) is 5.75 Å². The molecule has 18 heavy (non-hydrogen) atoms. The van der Waals surface area contributed by atoms with Crippen LogP contribution in [0, 0.1) is 5.82 Å². The molecule has 0 fully saturated rings. The van der Waals surface area contributed by atoms with Gasteiger partial charge in [0, 0.05) is 0 Å². The van der Waals surface area contributed by atoms with Crippen LogP contribution in [0.5, 0.6) is 5.75 Å². The summed E-state index contributed by atoms with van der Waals surface area (Å²) in [6, 6.07) is 2.46. The van der Waals surface area contributed by atoms with E-state index < -0.39 is 36.4 Å². The van der Waals surface area contributed by atoms with Crippen LogP contribution < -0.4 is 4.74 Å². The number of aliphatic hydroxyl groups excluding tert-OH is 1. The fraction of sp³-hybridized carbons (Fsp3) is 0.300. The Morgan fingerprint density at radius 2 is 2.00 bits per heavy atom. The minimum atomic E-state index is -4.86. The molecule has 1 unspecified atom stereocenters. The number of alkyl halides is 3. The average molecular weight is 268 g/mol. The van der Waals surface area contributed by atoms with Crippen LogP contribution in [0.3, 0.4) is 0 Å². The van der Waals surface area contributed by atoms with Crippen LogP contribution in [0.15, 0.2) is 18.2 Å². The van der Waals surface area contributed by atoms with Gasteiger partial charge < -0.3 is 14.9 Å². The Labute approximate surface area is 98.4 Å². The summed E-state index contributed by atoms with van der Waals surface area (Å²) in [7, 11) is 0. The first kappa shape index (κ1) is 14.2. The second-order valence-electron chi connectivity index (χ2n) is 3.32. The van der Waals surface area contributed by atoms with Crippen LogP contribution in [0.1, 0.15) is 10.4 Å². The lowest BCUT2D eigenvalue weighted by molar-refractivity contribution is -0.210. The van der Waals surface area contributed by atoms with Gasteiger partial charge in [-0.25, -0.2) is 9.18 Å². The average Bonchev–Trinajstić information content (AvgIpc) is 2.25. The van der Waals surface area contributed by atoms with Crippen molar-refractivity contribution in [2.45, 2.75) is 12.3 Å². The highest BCUT2D eigenvalue weighted by Gasteiger charge is 2.38. The molecule has 4 nitrogen and oxygen atoms in total. The van der Waals surface area contributed by atoms with Crippen molar-refractivity contribution in [3.05, 3.63) is 29.6 Å². The van der Waals surface area contributed by atoms with E-state index in [0.29, 0.717) is 6.07 Å². The smallest absolute Gasteiger partial charge is 0.417 e. The Bertz CT molecular complexity index is 444. The van der Waals surface area contributed by atoms with E-state index in [1.54, 1.807) is 0 Å². The van der Waals surface area contributed by atoms with Crippen molar-refractivity contribution in [1.82, 2.24) is 0 Å². The third kappa shape index (κ3) is 3.59. The van der Waals surface area contributed by atoms with E-state index in [1.165, 1.54) is 0 Å². The maximum Gasteiger partial charge on any atom is 0.417 e. The summed E-state index contributed by atoms with van der Waals surface area (Å²) in [4.78, 5) is 10.5. The fourth-order valence-corrected chi connectivity index (χ4v) is 1.01. The Balaban J connectivity index is 2.72. The molecule has 0 aromatic heterocycles. The number of aromatic carboxylic acids is 1. The second-order valence-corrected chi connectivity index (χ2v) is 3.32. The summed E-state index contributed by atoms with van der Waals surface area (Å²) in [5.41, 5.74) is -0.365. The number of halogens is 4. The summed E-state index contributed by atoms with van der Waals surface area (Å²) < 4.78 is 53.4. The van der Waals surface area contributed by atoms with Crippen molar-refractivity contribution in [2.75, 3.05) is 6.61 Å². The first-order chi connectivity index (χ1) is 8.21. The van der Waals surface area contributed by atoms with Gasteiger partial charge in [-0.2, -0.15) is 13.2 Å². The summed E-state index contributed by atoms with van der Waals surface area (Å²) in [6.45, 7) is -1.17. The molecule has 0 aliphatic rings. The van der Waals surface area contributed by atoms with Gasteiger partial charge in [-0.3, -0.25) is 0 Å². The zero-order chi connectivity index (χ0) is 13.9. The minimum absolute atomic E-state index is 0.365. The van der Waals surface area contributed by atoms with E-state index in [9.17, 15) is 22.4 Å². The van der Waals surface area contributed by atoms with E-state index in [1.807, 2.05) is 0 Å². The zero-order valence-corrected chi connectivity index (χ0v) is 8.74. The van der Waals surface area contributed by atoms with Crippen LogP contribution >= 0.6 is 0 Å². The number of carbonyl (C=O) groups is 1. The Kier molecular flexibility index (Phi) is 4.12. The molecule has 0 aliphatic carbocycles. The van der Waals surface area contributed by atoms with Gasteiger partial charge >= 0.3 is 12.1 Å². The third-order valence-corrected chi connectivity index (χ3v) is 1.95. The maximum absolute atomic E-state index is 13.2. The number of carboxylic acid groups (broad SMARTS) is 1. The van der Waals surface area contributed by atoms with Crippen LogP contribution in [0.2, 0.25) is 0 Å². The van der Waals surface area contributed by atoms with E-state index in [0.717, 1.165) is 12.1 Å². The highest BCUT2D eigenvalue weighted by Crippen LogP contribution is 2.23. The summed E-state index contributed by atoms with van der Waals surface area (Å²) >= 11 is 0. The maximum atomic E-state index is 13.2. The molecule has 0 saturated carbocycles. The summed E-state index contributed by atoms with van der Waals surface area (Å²) in [5.74, 6) is -3.07. The zero-order valence-electron chi connectivity index (χ0n) is 8.74. The molecular weight excluding hydrogens is 260 g/mol. The van der Waals surface area contributed by atoms with Crippen molar-refractivity contribution in [2.24, 2.45) is 0 Å². The first-order valence-electron chi connectivity index (χ1n) is 4.62. The van der Waals surface area contributed by atoms with Gasteiger partial charge in [0.05, 0.1) is 5.56 Å². The summed E-state index contributed by atoms with van der Waals surface area (Å²) in [5, 5.41) is 17.1. The molecule has 0 spiro atoms. The molecule has 0 amide bonds. The molecule has 1 aromatic carbocycles. The van der Waals surface area contributed by atoms with Crippen LogP contribution in [-0.4, -0.2) is 35.1 Å². The van der Waals surface area contributed by atoms with Crippen LogP contribution in [-0.2, 0) is 0 Å². The number of hydrogen-bond donors (Lipinski definition) is 2. The Morgan fingerprint density at radius 3 is 2.44 bits per heavy atom. The molecule has 1 aromatic rings. The van der Waals surface area contributed by atoms with Crippen molar-refractivity contribution in [1.29, 1.82) is 0 Å². The van der Waals surface area contributed by atoms with Crippen LogP contribution in [0.25, 0.3) is 0 Å². The Morgan fingerprint density at radius 1 is 1.39 bits per heavy atom. The van der Waals surface area contributed by atoms with E-state index in [-0.39, 0.29) is 5.56 Å². The molecule has 1 atom stereocenters. The molecule has 100 valence electrons. The summed E-state index contributed by atoms with van der Waals surface area (Å²) in [6.07, 6.45) is -7.60. The largest absolute Gasteiger partial charge is 0.487 e. The standard InChI is InChI=1S/C10H8F4O4/c11-6-3-5(9(16)17)1-2-7(6)18-4-8(15)10(12,13)14/h1-3,8,15H,4H2,(H,16,17). The molecule has 0 bridgehead atoms. The van der Waals surface area contributed by atoms with E-state index in [4.69, 9.17) is 10.2 Å². The predicted molar refractivity (Wildman–Crippen MR) is 50.9 cm³/mol. The van der Waals surface area contributed by atoms with E-state index in [2.05, 4.69) is 4.74 Å².